The molecular weight excluding hydrogens is 291 g/mol. The van der Waals surface area contributed by atoms with Gasteiger partial charge >= 0.3 is 0 Å². The highest BCUT2D eigenvalue weighted by Gasteiger charge is 2.20. The van der Waals surface area contributed by atoms with Crippen LogP contribution in [-0.4, -0.2) is 6.10 Å². The van der Waals surface area contributed by atoms with Gasteiger partial charge in [0.15, 0.2) is 0 Å². The van der Waals surface area contributed by atoms with Crippen LogP contribution in [0.3, 0.4) is 0 Å². The van der Waals surface area contributed by atoms with Crippen molar-refractivity contribution in [1.82, 2.24) is 0 Å². The Balaban J connectivity index is 1.76. The minimum atomic E-state index is -0.0302. The molecule has 2 aromatic carbocycles. The lowest BCUT2D eigenvalue weighted by molar-refractivity contribution is 0.254. The van der Waals surface area contributed by atoms with Crippen molar-refractivity contribution in [3.05, 3.63) is 64.2 Å². The highest BCUT2D eigenvalue weighted by atomic mass is 35.5. The second kappa shape index (κ2) is 5.67. The first-order valence-electron chi connectivity index (χ1n) is 6.80. The Kier molecular flexibility index (Phi) is 3.91. The molecule has 1 aliphatic rings. The van der Waals surface area contributed by atoms with E-state index in [1.807, 2.05) is 30.3 Å². The van der Waals surface area contributed by atoms with Gasteiger partial charge in [-0.3, -0.25) is 0 Å². The molecule has 0 fully saturated rings. The zero-order chi connectivity index (χ0) is 14.1. The van der Waals surface area contributed by atoms with Crippen molar-refractivity contribution in [1.29, 1.82) is 0 Å². The number of hydrogen-bond donors (Lipinski definition) is 0. The Morgan fingerprint density at radius 2 is 1.95 bits per heavy atom. The van der Waals surface area contributed by atoms with E-state index >= 15 is 0 Å². The van der Waals surface area contributed by atoms with Crippen LogP contribution in [0.4, 0.5) is 0 Å². The van der Waals surface area contributed by atoms with Crippen molar-refractivity contribution in [3.63, 3.8) is 0 Å². The molecule has 0 saturated carbocycles. The fourth-order valence-corrected chi connectivity index (χ4v) is 3.02. The van der Waals surface area contributed by atoms with Gasteiger partial charge in [0.1, 0.15) is 11.9 Å². The van der Waals surface area contributed by atoms with Gasteiger partial charge < -0.3 is 4.74 Å². The number of halogens is 2. The molecule has 0 radical (unpaired) electrons. The molecule has 20 heavy (non-hydrogen) atoms. The Hall–Kier alpha value is -1.18. The number of fused-ring (bicyclic) bond motifs is 1. The molecule has 3 heteroatoms. The molecule has 0 aliphatic carbocycles. The SMILES string of the molecule is CC1Cc2cc(C(Cl)Cc3ccc(Cl)cc3)ccc2O1. The Morgan fingerprint density at radius 3 is 2.70 bits per heavy atom. The topological polar surface area (TPSA) is 9.23 Å². The summed E-state index contributed by atoms with van der Waals surface area (Å²) >= 11 is 12.4. The van der Waals surface area contributed by atoms with Crippen LogP contribution in [0.2, 0.25) is 5.02 Å². The molecule has 2 unspecified atom stereocenters. The van der Waals surface area contributed by atoms with Gasteiger partial charge in [0.05, 0.1) is 5.38 Å². The predicted octanol–water partition coefficient (Wildman–Crippen LogP) is 5.19. The number of ether oxygens (including phenoxy) is 1. The van der Waals surface area contributed by atoms with E-state index < -0.39 is 0 Å². The number of benzene rings is 2. The summed E-state index contributed by atoms with van der Waals surface area (Å²) in [5.41, 5.74) is 3.61. The normalized spacial score (nSPS) is 18.4. The van der Waals surface area contributed by atoms with Crippen molar-refractivity contribution in [3.8, 4) is 5.75 Å². The maximum Gasteiger partial charge on any atom is 0.123 e. The average Bonchev–Trinajstić information content (AvgIpc) is 2.80. The molecule has 0 amide bonds. The van der Waals surface area contributed by atoms with E-state index in [1.54, 1.807) is 0 Å². The van der Waals surface area contributed by atoms with Crippen LogP contribution in [0.15, 0.2) is 42.5 Å². The van der Waals surface area contributed by atoms with E-state index in [2.05, 4.69) is 19.1 Å². The van der Waals surface area contributed by atoms with Gasteiger partial charge in [-0.05, 0) is 48.2 Å². The zero-order valence-corrected chi connectivity index (χ0v) is 12.8. The van der Waals surface area contributed by atoms with Gasteiger partial charge in [-0.15, -0.1) is 11.6 Å². The lowest BCUT2D eigenvalue weighted by Gasteiger charge is -2.11. The summed E-state index contributed by atoms with van der Waals surface area (Å²) in [5.74, 6) is 0.997. The first kappa shape index (κ1) is 13.8. The molecular formula is C17H16Cl2O. The summed E-state index contributed by atoms with van der Waals surface area (Å²) in [4.78, 5) is 0. The van der Waals surface area contributed by atoms with Gasteiger partial charge in [0, 0.05) is 11.4 Å². The van der Waals surface area contributed by atoms with Crippen LogP contribution in [0.5, 0.6) is 5.75 Å². The molecule has 0 spiro atoms. The largest absolute Gasteiger partial charge is 0.490 e. The van der Waals surface area contributed by atoms with Gasteiger partial charge in [-0.2, -0.15) is 0 Å². The Labute approximate surface area is 129 Å². The number of hydrogen-bond acceptors (Lipinski definition) is 1. The van der Waals surface area contributed by atoms with Gasteiger partial charge in [-0.1, -0.05) is 35.9 Å². The molecule has 0 N–H and O–H groups in total. The second-order valence-corrected chi connectivity index (χ2v) is 6.26. The minimum Gasteiger partial charge on any atom is -0.490 e. The van der Waals surface area contributed by atoms with E-state index in [-0.39, 0.29) is 11.5 Å². The average molecular weight is 307 g/mol. The van der Waals surface area contributed by atoms with Crippen LogP contribution in [0, 0.1) is 0 Å². The number of rotatable bonds is 3. The first-order chi connectivity index (χ1) is 9.61. The van der Waals surface area contributed by atoms with Gasteiger partial charge in [0.2, 0.25) is 0 Å². The third-order valence-electron chi connectivity index (χ3n) is 3.61. The summed E-state index contributed by atoms with van der Waals surface area (Å²) in [6.07, 6.45) is 2.03. The molecule has 3 rings (SSSR count). The van der Waals surface area contributed by atoms with Crippen molar-refractivity contribution in [2.45, 2.75) is 31.2 Å². The van der Waals surface area contributed by atoms with Crippen LogP contribution in [0.1, 0.15) is 29.0 Å². The molecule has 0 bridgehead atoms. The smallest absolute Gasteiger partial charge is 0.123 e. The lowest BCUT2D eigenvalue weighted by atomic mass is 10.0. The third-order valence-corrected chi connectivity index (χ3v) is 4.27. The van der Waals surface area contributed by atoms with Gasteiger partial charge in [0.25, 0.3) is 0 Å². The molecule has 104 valence electrons. The fraction of sp³-hybridized carbons (Fsp3) is 0.294. The van der Waals surface area contributed by atoms with E-state index in [1.165, 1.54) is 11.1 Å². The molecule has 1 nitrogen and oxygen atoms in total. The fourth-order valence-electron chi connectivity index (χ4n) is 2.58. The van der Waals surface area contributed by atoms with E-state index in [0.717, 1.165) is 29.2 Å². The van der Waals surface area contributed by atoms with E-state index in [4.69, 9.17) is 27.9 Å². The quantitative estimate of drug-likeness (QED) is 0.709. The summed E-state index contributed by atoms with van der Waals surface area (Å²) in [6, 6.07) is 14.1. The third kappa shape index (κ3) is 2.94. The monoisotopic (exact) mass is 306 g/mol. The zero-order valence-electron chi connectivity index (χ0n) is 11.3. The van der Waals surface area contributed by atoms with E-state index in [9.17, 15) is 0 Å². The molecule has 2 atom stereocenters. The van der Waals surface area contributed by atoms with Crippen molar-refractivity contribution in [2.24, 2.45) is 0 Å². The van der Waals surface area contributed by atoms with Crippen molar-refractivity contribution >= 4 is 23.2 Å². The number of alkyl halides is 1. The first-order valence-corrected chi connectivity index (χ1v) is 7.61. The summed E-state index contributed by atoms with van der Waals surface area (Å²) in [7, 11) is 0. The lowest BCUT2D eigenvalue weighted by Crippen LogP contribution is -2.05. The Morgan fingerprint density at radius 1 is 1.20 bits per heavy atom. The summed E-state index contributed by atoms with van der Waals surface area (Å²) < 4.78 is 5.72. The second-order valence-electron chi connectivity index (χ2n) is 5.30. The maximum atomic E-state index is 6.54. The van der Waals surface area contributed by atoms with Crippen LogP contribution < -0.4 is 4.74 Å². The van der Waals surface area contributed by atoms with Crippen molar-refractivity contribution in [2.75, 3.05) is 0 Å². The Bertz CT molecular complexity index is 607. The molecule has 1 heterocycles. The van der Waals surface area contributed by atoms with Crippen molar-refractivity contribution < 1.29 is 4.74 Å². The highest BCUT2D eigenvalue weighted by molar-refractivity contribution is 6.30. The predicted molar refractivity (Wildman–Crippen MR) is 84.0 cm³/mol. The van der Waals surface area contributed by atoms with Crippen LogP contribution >= 0.6 is 23.2 Å². The molecule has 0 saturated heterocycles. The minimum absolute atomic E-state index is 0.0302. The summed E-state index contributed by atoms with van der Waals surface area (Å²) in [6.45, 7) is 2.09. The van der Waals surface area contributed by atoms with E-state index in [0.29, 0.717) is 0 Å². The highest BCUT2D eigenvalue weighted by Crippen LogP contribution is 2.34. The molecule has 2 aromatic rings. The van der Waals surface area contributed by atoms with Crippen LogP contribution in [-0.2, 0) is 12.8 Å². The molecule has 0 aromatic heterocycles. The standard InChI is InChI=1S/C17H16Cl2O/c1-11-8-14-10-13(4-7-17(14)20-11)16(19)9-12-2-5-15(18)6-3-12/h2-7,10-11,16H,8-9H2,1H3. The molecule has 1 aliphatic heterocycles. The van der Waals surface area contributed by atoms with Crippen LogP contribution in [0.25, 0.3) is 0 Å². The summed E-state index contributed by atoms with van der Waals surface area (Å²) in [5, 5.41) is 0.723. The van der Waals surface area contributed by atoms with Gasteiger partial charge in [-0.25, -0.2) is 0 Å². The maximum absolute atomic E-state index is 6.54.